The molecule has 8 N–H and O–H groups in total. The highest BCUT2D eigenvalue weighted by molar-refractivity contribution is 5.34. The van der Waals surface area contributed by atoms with Crippen molar-refractivity contribution in [3.05, 3.63) is 24.3 Å². The van der Waals surface area contributed by atoms with Gasteiger partial charge in [-0.05, 0) is 73.5 Å². The lowest BCUT2D eigenvalue weighted by molar-refractivity contribution is -0.329. The van der Waals surface area contributed by atoms with E-state index in [2.05, 4.69) is 58.9 Å². The van der Waals surface area contributed by atoms with Crippen molar-refractivity contribution in [2.45, 2.75) is 166 Å². The predicted octanol–water partition coefficient (Wildman–Crippen LogP) is 2.22. The van der Waals surface area contributed by atoms with Gasteiger partial charge in [0.05, 0.1) is 37.6 Å². The van der Waals surface area contributed by atoms with E-state index in [1.165, 1.54) is 0 Å². The Morgan fingerprint density at radius 2 is 1.44 bits per heavy atom. The molecule has 3 heterocycles. The summed E-state index contributed by atoms with van der Waals surface area (Å²) in [6, 6.07) is 0. The van der Waals surface area contributed by atoms with Gasteiger partial charge in [0, 0.05) is 22.2 Å². The molecule has 0 radical (unpaired) electrons. The molecular weight excluding hydrogens is 696 g/mol. The van der Waals surface area contributed by atoms with Crippen molar-refractivity contribution in [3.8, 4) is 0 Å². The first-order valence-corrected chi connectivity index (χ1v) is 20.5. The van der Waals surface area contributed by atoms with Gasteiger partial charge >= 0.3 is 0 Å². The molecule has 7 rings (SSSR count). The number of aliphatic hydroxyl groups excluding tert-OH is 8. The topological polar surface area (TPSA) is 199 Å². The number of fused-ring (bicyclic) bond motifs is 2. The molecule has 308 valence electrons. The Labute approximate surface area is 320 Å². The van der Waals surface area contributed by atoms with Crippen LogP contribution in [0, 0.1) is 50.7 Å². The smallest absolute Gasteiger partial charge is 0.186 e. The van der Waals surface area contributed by atoms with Crippen LogP contribution in [0.2, 0.25) is 0 Å². The highest BCUT2D eigenvalue weighted by Gasteiger charge is 2.75. The lowest BCUT2D eigenvalue weighted by atomic mass is 9.38. The third kappa shape index (κ3) is 5.74. The van der Waals surface area contributed by atoms with Gasteiger partial charge in [0.1, 0.15) is 48.8 Å². The summed E-state index contributed by atoms with van der Waals surface area (Å²) in [6.07, 6.45) is 3.34. The van der Waals surface area contributed by atoms with E-state index in [9.17, 15) is 40.9 Å². The van der Waals surface area contributed by atoms with Crippen LogP contribution in [0.5, 0.6) is 0 Å². The van der Waals surface area contributed by atoms with Crippen LogP contribution < -0.4 is 0 Å². The first kappa shape index (κ1) is 41.2. The monoisotopic (exact) mass is 764 g/mol. The van der Waals surface area contributed by atoms with Crippen LogP contribution in [0.15, 0.2) is 24.3 Å². The maximum absolute atomic E-state index is 10.8. The summed E-state index contributed by atoms with van der Waals surface area (Å²) >= 11 is 0. The molecule has 54 heavy (non-hydrogen) atoms. The Morgan fingerprint density at radius 3 is 2.11 bits per heavy atom. The second-order valence-electron chi connectivity index (χ2n) is 20.0. The zero-order chi connectivity index (χ0) is 39.4. The lowest BCUT2D eigenvalue weighted by Crippen LogP contribution is -2.66. The summed E-state index contributed by atoms with van der Waals surface area (Å²) < 4.78 is 25.2. The first-order chi connectivity index (χ1) is 25.3. The van der Waals surface area contributed by atoms with Crippen LogP contribution in [0.25, 0.3) is 0 Å². The quantitative estimate of drug-likeness (QED) is 0.160. The zero-order valence-corrected chi connectivity index (χ0v) is 33.3. The predicted molar refractivity (Wildman–Crippen MR) is 198 cm³/mol. The summed E-state index contributed by atoms with van der Waals surface area (Å²) in [4.78, 5) is 0. The number of ether oxygens (including phenoxy) is 4. The van der Waals surface area contributed by atoms with Gasteiger partial charge in [-0.2, -0.15) is 0 Å². The maximum atomic E-state index is 10.8. The number of aliphatic hydroxyl groups is 8. The van der Waals surface area contributed by atoms with Gasteiger partial charge in [-0.1, -0.05) is 72.8 Å². The maximum Gasteiger partial charge on any atom is 0.186 e. The molecule has 0 amide bonds. The average Bonchev–Trinajstić information content (AvgIpc) is 3.52. The molecule has 2 bridgehead atoms. The van der Waals surface area contributed by atoms with Crippen molar-refractivity contribution in [1.29, 1.82) is 0 Å². The SMILES string of the molecule is C[C@H](C/C=C/C(C)(C)[C@@H]1O[C@H](CO)[C@@H](O)[C@H](O)[C@H]1O)[C@H]1CC[C@@]2(C)[C@@H]3C=C[C@@]45OC[C@]3(CC[C@]12C)[C@@H]4CC[C@H](O[C@@H]1O[C@H](CO)[C@@H](O)[C@H](O)[C@H]1O)C5(C)C. The summed E-state index contributed by atoms with van der Waals surface area (Å²) in [5.41, 5.74) is -1.50. The normalized spacial score (nSPS) is 53.2. The molecule has 7 aliphatic rings. The molecular formula is C42H68O12. The molecule has 12 heteroatoms. The molecule has 19 atom stereocenters. The second-order valence-corrected chi connectivity index (χ2v) is 20.0. The molecule has 4 aliphatic carbocycles. The van der Waals surface area contributed by atoms with Crippen LogP contribution in [-0.4, -0.2) is 134 Å². The fourth-order valence-corrected chi connectivity index (χ4v) is 13.3. The molecule has 3 saturated heterocycles. The van der Waals surface area contributed by atoms with Crippen molar-refractivity contribution in [3.63, 3.8) is 0 Å². The van der Waals surface area contributed by atoms with E-state index in [1.54, 1.807) is 0 Å². The Hall–Kier alpha value is -1.00. The van der Waals surface area contributed by atoms with Crippen molar-refractivity contribution in [2.24, 2.45) is 50.7 Å². The fourth-order valence-electron chi connectivity index (χ4n) is 13.3. The summed E-state index contributed by atoms with van der Waals surface area (Å²) in [7, 11) is 0. The lowest BCUT2D eigenvalue weighted by Gasteiger charge is -2.65. The number of allylic oxidation sites excluding steroid dienone is 2. The van der Waals surface area contributed by atoms with Gasteiger partial charge < -0.3 is 59.8 Å². The summed E-state index contributed by atoms with van der Waals surface area (Å²) in [5, 5.41) is 82.5. The Kier molecular flexibility index (Phi) is 10.7. The minimum Gasteiger partial charge on any atom is -0.394 e. The number of hydrogen-bond donors (Lipinski definition) is 8. The van der Waals surface area contributed by atoms with Gasteiger partial charge in [-0.15, -0.1) is 0 Å². The third-order valence-corrected chi connectivity index (χ3v) is 16.9. The van der Waals surface area contributed by atoms with Crippen molar-refractivity contribution >= 4 is 0 Å². The second kappa shape index (κ2) is 14.1. The van der Waals surface area contributed by atoms with Crippen LogP contribution in [0.3, 0.4) is 0 Å². The molecule has 0 unspecified atom stereocenters. The Morgan fingerprint density at radius 1 is 0.796 bits per heavy atom. The van der Waals surface area contributed by atoms with Crippen LogP contribution in [0.4, 0.5) is 0 Å². The third-order valence-electron chi connectivity index (χ3n) is 16.9. The first-order valence-electron chi connectivity index (χ1n) is 20.5. The molecule has 12 nitrogen and oxygen atoms in total. The molecule has 0 aromatic heterocycles. The standard InChI is InChI=1S/C42H68O12/c1-22(9-8-14-37(2,3)35-33(49)31(47)29(45)24(19-43)52-35)23-12-15-40(7)26-13-16-42-27(41(26,21-51-42)18-17-39(23,40)6)10-11-28(38(42,4)5)54-36-34(50)32(48)30(46)25(20-44)53-36/h8,13-14,16,22-36,43-50H,9-12,15,17-21H2,1-7H3/b14-8+/t22-,23-,24-,25-,26+,27+,28+,29-,30-,31+,32+,33-,34-,35-,36+,39-,40+,41+,42-/m1/s1. The zero-order valence-electron chi connectivity index (χ0n) is 33.3. The van der Waals surface area contributed by atoms with E-state index in [1.807, 2.05) is 13.8 Å². The van der Waals surface area contributed by atoms with E-state index in [-0.39, 0.29) is 22.3 Å². The van der Waals surface area contributed by atoms with E-state index in [4.69, 9.17) is 18.9 Å². The van der Waals surface area contributed by atoms with Gasteiger partial charge in [-0.3, -0.25) is 0 Å². The van der Waals surface area contributed by atoms with Gasteiger partial charge in [0.2, 0.25) is 0 Å². The summed E-state index contributed by atoms with van der Waals surface area (Å²) in [6.45, 7) is 15.4. The van der Waals surface area contributed by atoms with Gasteiger partial charge in [0.15, 0.2) is 6.29 Å². The highest BCUT2D eigenvalue weighted by atomic mass is 16.7. The molecule has 6 fully saturated rings. The van der Waals surface area contributed by atoms with Crippen molar-refractivity contribution < 1.29 is 59.8 Å². The number of hydrogen-bond acceptors (Lipinski definition) is 12. The average molecular weight is 765 g/mol. The Bertz CT molecular complexity index is 1430. The molecule has 3 saturated carbocycles. The Balaban J connectivity index is 1.07. The van der Waals surface area contributed by atoms with E-state index < -0.39 is 90.9 Å². The van der Waals surface area contributed by atoms with Crippen molar-refractivity contribution in [1.82, 2.24) is 0 Å². The van der Waals surface area contributed by atoms with Crippen LogP contribution in [-0.2, 0) is 18.9 Å². The largest absolute Gasteiger partial charge is 0.394 e. The van der Waals surface area contributed by atoms with E-state index in [0.717, 1.165) is 44.9 Å². The fraction of sp³-hybridized carbons (Fsp3) is 0.905. The van der Waals surface area contributed by atoms with Gasteiger partial charge in [0.25, 0.3) is 0 Å². The molecule has 1 spiro atoms. The molecule has 0 aromatic carbocycles. The van der Waals surface area contributed by atoms with E-state index >= 15 is 0 Å². The highest BCUT2D eigenvalue weighted by Crippen LogP contribution is 2.77. The molecule has 3 aliphatic heterocycles. The van der Waals surface area contributed by atoms with Gasteiger partial charge in [-0.25, -0.2) is 0 Å². The van der Waals surface area contributed by atoms with Crippen LogP contribution in [0.1, 0.15) is 93.4 Å². The van der Waals surface area contributed by atoms with Crippen LogP contribution >= 0.6 is 0 Å². The number of rotatable bonds is 9. The van der Waals surface area contributed by atoms with E-state index in [0.29, 0.717) is 30.3 Å². The minimum atomic E-state index is -1.49. The van der Waals surface area contributed by atoms with Crippen molar-refractivity contribution in [2.75, 3.05) is 19.8 Å². The molecule has 0 aromatic rings. The summed E-state index contributed by atoms with van der Waals surface area (Å²) in [5.74, 6) is 1.59. The minimum absolute atomic E-state index is 0.00183.